The Balaban J connectivity index is 2.63. The Morgan fingerprint density at radius 1 is 1.33 bits per heavy atom. The Bertz CT molecular complexity index is 397. The summed E-state index contributed by atoms with van der Waals surface area (Å²) in [5, 5.41) is 6.27. The third kappa shape index (κ3) is 4.08. The minimum atomic E-state index is -0.774. The van der Waals surface area contributed by atoms with E-state index in [1.54, 1.807) is 0 Å². The minimum Gasteiger partial charge on any atom is -0.448 e. The summed E-state index contributed by atoms with van der Waals surface area (Å²) >= 11 is 0. The summed E-state index contributed by atoms with van der Waals surface area (Å²) in [6, 6.07) is 0. The molecule has 7 nitrogen and oxygen atoms in total. The first-order valence-corrected chi connectivity index (χ1v) is 5.92. The van der Waals surface area contributed by atoms with Gasteiger partial charge in [0.1, 0.15) is 24.6 Å². The van der Waals surface area contributed by atoms with E-state index in [2.05, 4.69) is 25.3 Å². The van der Waals surface area contributed by atoms with E-state index in [1.165, 1.54) is 6.33 Å². The maximum Gasteiger partial charge on any atom is 0.404 e. The molecule has 0 saturated heterocycles. The SMILES string of the molecule is CCNc1ncnc(NCCOC(N)=O)c1CC. The average molecular weight is 253 g/mol. The molecule has 7 heteroatoms. The van der Waals surface area contributed by atoms with Crippen LogP contribution in [-0.4, -0.2) is 35.8 Å². The molecule has 0 aliphatic rings. The van der Waals surface area contributed by atoms with Gasteiger partial charge in [0.15, 0.2) is 0 Å². The number of carbonyl (C=O) groups excluding carboxylic acids is 1. The number of rotatable bonds is 7. The largest absolute Gasteiger partial charge is 0.448 e. The van der Waals surface area contributed by atoms with Gasteiger partial charge in [0, 0.05) is 12.1 Å². The fourth-order valence-electron chi connectivity index (χ4n) is 1.54. The number of nitrogens with two attached hydrogens (primary N) is 1. The van der Waals surface area contributed by atoms with Gasteiger partial charge < -0.3 is 21.1 Å². The number of amides is 1. The molecular formula is C11H19N5O2. The molecule has 0 bridgehead atoms. The molecule has 0 aliphatic heterocycles. The fourth-order valence-corrected chi connectivity index (χ4v) is 1.54. The second-order valence-electron chi connectivity index (χ2n) is 3.53. The van der Waals surface area contributed by atoms with E-state index in [0.717, 1.165) is 30.2 Å². The van der Waals surface area contributed by atoms with Crippen molar-refractivity contribution in [2.24, 2.45) is 5.73 Å². The first-order chi connectivity index (χ1) is 8.69. The van der Waals surface area contributed by atoms with Crippen LogP contribution in [0.25, 0.3) is 0 Å². The fraction of sp³-hybridized carbons (Fsp3) is 0.545. The summed E-state index contributed by atoms with van der Waals surface area (Å²) < 4.78 is 4.63. The van der Waals surface area contributed by atoms with Crippen molar-refractivity contribution in [1.82, 2.24) is 9.97 Å². The Morgan fingerprint density at radius 2 is 2.00 bits per heavy atom. The molecule has 1 rings (SSSR count). The van der Waals surface area contributed by atoms with Gasteiger partial charge in [-0.3, -0.25) is 0 Å². The van der Waals surface area contributed by atoms with Gasteiger partial charge in [-0.15, -0.1) is 0 Å². The lowest BCUT2D eigenvalue weighted by atomic mass is 10.2. The maximum absolute atomic E-state index is 10.4. The second-order valence-corrected chi connectivity index (χ2v) is 3.53. The van der Waals surface area contributed by atoms with Crippen LogP contribution >= 0.6 is 0 Å². The Hall–Kier alpha value is -2.05. The van der Waals surface area contributed by atoms with Crippen LogP contribution in [0.4, 0.5) is 16.4 Å². The lowest BCUT2D eigenvalue weighted by molar-refractivity contribution is 0.161. The summed E-state index contributed by atoms with van der Waals surface area (Å²) in [5.74, 6) is 1.57. The van der Waals surface area contributed by atoms with Crippen LogP contribution in [0.5, 0.6) is 0 Å². The van der Waals surface area contributed by atoms with Crippen molar-refractivity contribution in [2.75, 3.05) is 30.3 Å². The lowest BCUT2D eigenvalue weighted by Gasteiger charge is -2.13. The van der Waals surface area contributed by atoms with Gasteiger partial charge in [-0.25, -0.2) is 14.8 Å². The Kier molecular flexibility index (Phi) is 5.69. The minimum absolute atomic E-state index is 0.207. The summed E-state index contributed by atoms with van der Waals surface area (Å²) in [5.41, 5.74) is 5.88. The van der Waals surface area contributed by atoms with Crippen molar-refractivity contribution >= 4 is 17.7 Å². The highest BCUT2D eigenvalue weighted by Gasteiger charge is 2.08. The lowest BCUT2D eigenvalue weighted by Crippen LogP contribution is -2.19. The van der Waals surface area contributed by atoms with Gasteiger partial charge >= 0.3 is 6.09 Å². The molecule has 100 valence electrons. The van der Waals surface area contributed by atoms with Crippen LogP contribution < -0.4 is 16.4 Å². The zero-order valence-electron chi connectivity index (χ0n) is 10.7. The number of hydrogen-bond donors (Lipinski definition) is 3. The standard InChI is InChI=1S/C11H19N5O2/c1-3-8-9(13-4-2)15-7-16-10(8)14-5-6-18-11(12)17/h7H,3-6H2,1-2H3,(H2,12,17)(H2,13,14,15,16). The van der Waals surface area contributed by atoms with Crippen molar-refractivity contribution in [3.05, 3.63) is 11.9 Å². The molecule has 1 aromatic heterocycles. The zero-order valence-corrected chi connectivity index (χ0v) is 10.7. The highest BCUT2D eigenvalue weighted by molar-refractivity contribution is 5.64. The number of primary amides is 1. The molecule has 0 aliphatic carbocycles. The van der Waals surface area contributed by atoms with Gasteiger partial charge in [-0.05, 0) is 13.3 Å². The molecule has 1 amide bonds. The molecular weight excluding hydrogens is 234 g/mol. The first-order valence-electron chi connectivity index (χ1n) is 5.92. The number of anilines is 2. The van der Waals surface area contributed by atoms with Gasteiger partial charge in [-0.2, -0.15) is 0 Å². The van der Waals surface area contributed by atoms with Crippen LogP contribution in [0.1, 0.15) is 19.4 Å². The molecule has 0 radical (unpaired) electrons. The number of hydrogen-bond acceptors (Lipinski definition) is 6. The van der Waals surface area contributed by atoms with Gasteiger partial charge in [0.25, 0.3) is 0 Å². The van der Waals surface area contributed by atoms with E-state index in [-0.39, 0.29) is 6.61 Å². The van der Waals surface area contributed by atoms with Gasteiger partial charge in [0.2, 0.25) is 0 Å². The average Bonchev–Trinajstić information content (AvgIpc) is 2.35. The maximum atomic E-state index is 10.4. The molecule has 0 unspecified atom stereocenters. The van der Waals surface area contributed by atoms with Crippen LogP contribution in [0.2, 0.25) is 0 Å². The smallest absolute Gasteiger partial charge is 0.404 e. The molecule has 0 atom stereocenters. The van der Waals surface area contributed by atoms with Crippen LogP contribution in [-0.2, 0) is 11.2 Å². The van der Waals surface area contributed by atoms with Crippen molar-refractivity contribution in [3.63, 3.8) is 0 Å². The Labute approximate surface area is 106 Å². The highest BCUT2D eigenvalue weighted by atomic mass is 16.5. The summed E-state index contributed by atoms with van der Waals surface area (Å²) in [4.78, 5) is 18.8. The van der Waals surface area contributed by atoms with Crippen LogP contribution in [0, 0.1) is 0 Å². The zero-order chi connectivity index (χ0) is 13.4. The van der Waals surface area contributed by atoms with E-state index in [4.69, 9.17) is 5.73 Å². The summed E-state index contributed by atoms with van der Waals surface area (Å²) in [6.45, 7) is 5.51. The van der Waals surface area contributed by atoms with Crippen LogP contribution in [0.3, 0.4) is 0 Å². The molecule has 0 fully saturated rings. The number of nitrogens with one attached hydrogen (secondary N) is 2. The normalized spacial score (nSPS) is 9.89. The van der Waals surface area contributed by atoms with Crippen LogP contribution in [0.15, 0.2) is 6.33 Å². The number of aromatic nitrogens is 2. The monoisotopic (exact) mass is 253 g/mol. The molecule has 0 aromatic carbocycles. The van der Waals surface area contributed by atoms with E-state index in [0.29, 0.717) is 6.54 Å². The third-order valence-electron chi connectivity index (χ3n) is 2.28. The van der Waals surface area contributed by atoms with E-state index in [1.807, 2.05) is 13.8 Å². The van der Waals surface area contributed by atoms with E-state index >= 15 is 0 Å². The number of ether oxygens (including phenoxy) is 1. The van der Waals surface area contributed by atoms with Crippen molar-refractivity contribution in [1.29, 1.82) is 0 Å². The predicted octanol–water partition coefficient (Wildman–Crippen LogP) is 0.978. The molecule has 18 heavy (non-hydrogen) atoms. The highest BCUT2D eigenvalue weighted by Crippen LogP contribution is 2.19. The molecule has 4 N–H and O–H groups in total. The van der Waals surface area contributed by atoms with Crippen molar-refractivity contribution in [2.45, 2.75) is 20.3 Å². The Morgan fingerprint density at radius 3 is 2.56 bits per heavy atom. The third-order valence-corrected chi connectivity index (χ3v) is 2.28. The van der Waals surface area contributed by atoms with E-state index in [9.17, 15) is 4.79 Å². The topological polar surface area (TPSA) is 102 Å². The number of nitrogens with zero attached hydrogens (tertiary/aromatic N) is 2. The molecule has 1 aromatic rings. The summed E-state index contributed by atoms with van der Waals surface area (Å²) in [7, 11) is 0. The molecule has 0 saturated carbocycles. The van der Waals surface area contributed by atoms with E-state index < -0.39 is 6.09 Å². The summed E-state index contributed by atoms with van der Waals surface area (Å²) in [6.07, 6.45) is 1.53. The van der Waals surface area contributed by atoms with Gasteiger partial charge in [0.05, 0.1) is 6.54 Å². The quantitative estimate of drug-likeness (QED) is 0.626. The van der Waals surface area contributed by atoms with Crippen molar-refractivity contribution < 1.29 is 9.53 Å². The number of carbonyl (C=O) groups is 1. The van der Waals surface area contributed by atoms with Gasteiger partial charge in [-0.1, -0.05) is 6.92 Å². The molecule has 0 spiro atoms. The van der Waals surface area contributed by atoms with Crippen molar-refractivity contribution in [3.8, 4) is 0 Å². The molecule has 1 heterocycles. The second kappa shape index (κ2) is 7.31. The first kappa shape index (κ1) is 14.0. The predicted molar refractivity (Wildman–Crippen MR) is 69.6 cm³/mol.